The van der Waals surface area contributed by atoms with E-state index in [0.29, 0.717) is 21.4 Å². The number of benzene rings is 1. The van der Waals surface area contributed by atoms with Crippen molar-refractivity contribution < 1.29 is 14.3 Å². The van der Waals surface area contributed by atoms with Gasteiger partial charge in [-0.05, 0) is 25.5 Å². The highest BCUT2D eigenvalue weighted by molar-refractivity contribution is 6.36. The van der Waals surface area contributed by atoms with Crippen LogP contribution in [0.2, 0.25) is 10.0 Å². The molecule has 0 heterocycles. The van der Waals surface area contributed by atoms with Gasteiger partial charge in [0.1, 0.15) is 19.0 Å². The van der Waals surface area contributed by atoms with Crippen molar-refractivity contribution in [3.8, 4) is 5.75 Å². The van der Waals surface area contributed by atoms with Crippen LogP contribution in [0.1, 0.15) is 18.1 Å². The first kappa shape index (κ1) is 16.6. The van der Waals surface area contributed by atoms with Crippen molar-refractivity contribution in [1.82, 2.24) is 0 Å². The van der Waals surface area contributed by atoms with Crippen LogP contribution in [-0.4, -0.2) is 19.2 Å². The van der Waals surface area contributed by atoms with Gasteiger partial charge in [-0.15, -0.1) is 0 Å². The molecule has 3 nitrogen and oxygen atoms in total. The topological polar surface area (TPSA) is 35.5 Å². The van der Waals surface area contributed by atoms with E-state index in [2.05, 4.69) is 13.2 Å². The SMILES string of the molecule is C=Cc1c(C)c(Cl)cc(Cl)c1OCCOC(=O)C(=C)C. The van der Waals surface area contributed by atoms with Crippen LogP contribution in [0.5, 0.6) is 5.75 Å². The number of carbonyl (C=O) groups is 1. The van der Waals surface area contributed by atoms with E-state index < -0.39 is 5.97 Å². The highest BCUT2D eigenvalue weighted by atomic mass is 35.5. The number of carbonyl (C=O) groups excluding carboxylic acids is 1. The predicted octanol–water partition coefficient (Wildman–Crippen LogP) is 4.44. The van der Waals surface area contributed by atoms with Gasteiger partial charge >= 0.3 is 5.97 Å². The van der Waals surface area contributed by atoms with Crippen molar-refractivity contribution in [3.63, 3.8) is 0 Å². The first-order valence-corrected chi connectivity index (χ1v) is 6.70. The van der Waals surface area contributed by atoms with Crippen LogP contribution >= 0.6 is 23.2 Å². The summed E-state index contributed by atoms with van der Waals surface area (Å²) in [6.07, 6.45) is 1.63. The number of rotatable bonds is 6. The largest absolute Gasteiger partial charge is 0.488 e. The minimum atomic E-state index is -0.448. The summed E-state index contributed by atoms with van der Waals surface area (Å²) in [6.45, 7) is 10.9. The van der Waals surface area contributed by atoms with Crippen LogP contribution in [-0.2, 0) is 9.53 Å². The molecule has 0 saturated carbocycles. The third-order valence-electron chi connectivity index (χ3n) is 2.59. The van der Waals surface area contributed by atoms with Gasteiger partial charge < -0.3 is 9.47 Å². The molecule has 0 radical (unpaired) electrons. The van der Waals surface area contributed by atoms with Crippen molar-refractivity contribution in [2.24, 2.45) is 0 Å². The highest BCUT2D eigenvalue weighted by Crippen LogP contribution is 2.36. The van der Waals surface area contributed by atoms with Crippen LogP contribution in [0.25, 0.3) is 6.08 Å². The normalized spacial score (nSPS) is 10.0. The third-order valence-corrected chi connectivity index (χ3v) is 3.27. The molecular weight excluding hydrogens is 299 g/mol. The molecule has 1 aromatic rings. The van der Waals surface area contributed by atoms with E-state index in [0.717, 1.165) is 11.1 Å². The molecule has 0 bridgehead atoms. The van der Waals surface area contributed by atoms with Gasteiger partial charge in [0.2, 0.25) is 0 Å². The second kappa shape index (κ2) is 7.36. The van der Waals surface area contributed by atoms with Gasteiger partial charge in [-0.25, -0.2) is 4.79 Å². The molecule has 0 aromatic heterocycles. The molecule has 1 rings (SSSR count). The molecule has 0 fully saturated rings. The van der Waals surface area contributed by atoms with Crippen LogP contribution in [0, 0.1) is 6.92 Å². The molecule has 1 aromatic carbocycles. The molecule has 0 N–H and O–H groups in total. The van der Waals surface area contributed by atoms with Crippen molar-refractivity contribution in [1.29, 1.82) is 0 Å². The van der Waals surface area contributed by atoms with E-state index in [4.69, 9.17) is 32.7 Å². The van der Waals surface area contributed by atoms with E-state index in [1.165, 1.54) is 0 Å². The molecule has 0 aliphatic rings. The molecule has 0 amide bonds. The third kappa shape index (κ3) is 4.02. The number of hydrogen-bond donors (Lipinski definition) is 0. The zero-order valence-corrected chi connectivity index (χ0v) is 13.0. The smallest absolute Gasteiger partial charge is 0.333 e. The zero-order chi connectivity index (χ0) is 15.3. The average Bonchev–Trinajstić information content (AvgIpc) is 2.39. The highest BCUT2D eigenvalue weighted by Gasteiger charge is 2.13. The summed E-state index contributed by atoms with van der Waals surface area (Å²) in [5, 5.41) is 0.938. The molecule has 20 heavy (non-hydrogen) atoms. The maximum Gasteiger partial charge on any atom is 0.333 e. The lowest BCUT2D eigenvalue weighted by atomic mass is 10.1. The van der Waals surface area contributed by atoms with Crippen LogP contribution in [0.4, 0.5) is 0 Å². The number of halogens is 2. The Hall–Kier alpha value is -1.45. The van der Waals surface area contributed by atoms with E-state index in [9.17, 15) is 4.79 Å². The lowest BCUT2D eigenvalue weighted by Crippen LogP contribution is -2.13. The Morgan fingerprint density at radius 1 is 1.35 bits per heavy atom. The minimum Gasteiger partial charge on any atom is -0.488 e. The Bertz CT molecular complexity index is 551. The summed E-state index contributed by atoms with van der Waals surface area (Å²) >= 11 is 12.1. The number of ether oxygens (including phenoxy) is 2. The Morgan fingerprint density at radius 2 is 2.00 bits per heavy atom. The van der Waals surface area contributed by atoms with Crippen molar-refractivity contribution in [3.05, 3.63) is 46.0 Å². The summed E-state index contributed by atoms with van der Waals surface area (Å²) < 4.78 is 10.5. The predicted molar refractivity (Wildman–Crippen MR) is 82.6 cm³/mol. The Balaban J connectivity index is 2.74. The molecule has 0 atom stereocenters. The molecule has 0 spiro atoms. The number of esters is 1. The van der Waals surface area contributed by atoms with Gasteiger partial charge in [0, 0.05) is 16.2 Å². The molecule has 0 aliphatic heterocycles. The fourth-order valence-electron chi connectivity index (χ4n) is 1.51. The summed E-state index contributed by atoms with van der Waals surface area (Å²) in [5.41, 5.74) is 1.91. The molecular formula is C15H16Cl2O3. The van der Waals surface area contributed by atoms with Gasteiger partial charge in [0.15, 0.2) is 0 Å². The fourth-order valence-corrected chi connectivity index (χ4v) is 2.04. The Morgan fingerprint density at radius 3 is 2.55 bits per heavy atom. The zero-order valence-electron chi connectivity index (χ0n) is 11.5. The van der Waals surface area contributed by atoms with Gasteiger partial charge in [0.25, 0.3) is 0 Å². The van der Waals surface area contributed by atoms with Crippen LogP contribution < -0.4 is 4.74 Å². The average molecular weight is 315 g/mol. The van der Waals surface area contributed by atoms with E-state index in [1.807, 2.05) is 6.92 Å². The number of hydrogen-bond acceptors (Lipinski definition) is 3. The maximum absolute atomic E-state index is 11.2. The van der Waals surface area contributed by atoms with Gasteiger partial charge in [-0.3, -0.25) is 0 Å². The summed E-state index contributed by atoms with van der Waals surface area (Å²) in [4.78, 5) is 11.2. The summed E-state index contributed by atoms with van der Waals surface area (Å²) in [5.74, 6) is 0.0332. The monoisotopic (exact) mass is 314 g/mol. The molecule has 5 heteroatoms. The fraction of sp³-hybridized carbons (Fsp3) is 0.267. The van der Waals surface area contributed by atoms with E-state index in [1.54, 1.807) is 19.1 Å². The second-order valence-corrected chi connectivity index (χ2v) is 4.99. The second-order valence-electron chi connectivity index (χ2n) is 4.18. The Labute approximate surface area is 128 Å². The summed E-state index contributed by atoms with van der Waals surface area (Å²) in [6, 6.07) is 1.61. The minimum absolute atomic E-state index is 0.111. The maximum atomic E-state index is 11.2. The quantitative estimate of drug-likeness (QED) is 0.442. The lowest BCUT2D eigenvalue weighted by molar-refractivity contribution is -0.139. The van der Waals surface area contributed by atoms with Crippen LogP contribution in [0.3, 0.4) is 0 Å². The van der Waals surface area contributed by atoms with Crippen LogP contribution in [0.15, 0.2) is 24.8 Å². The van der Waals surface area contributed by atoms with E-state index in [-0.39, 0.29) is 13.2 Å². The van der Waals surface area contributed by atoms with Gasteiger partial charge in [-0.2, -0.15) is 0 Å². The van der Waals surface area contributed by atoms with Gasteiger partial charge in [0.05, 0.1) is 5.02 Å². The lowest BCUT2D eigenvalue weighted by Gasteiger charge is -2.14. The summed E-state index contributed by atoms with van der Waals surface area (Å²) in [7, 11) is 0. The molecule has 0 unspecified atom stereocenters. The van der Waals surface area contributed by atoms with Crippen molar-refractivity contribution >= 4 is 35.2 Å². The van der Waals surface area contributed by atoms with Crippen molar-refractivity contribution in [2.45, 2.75) is 13.8 Å². The molecule has 108 valence electrons. The van der Waals surface area contributed by atoms with Gasteiger partial charge in [-0.1, -0.05) is 42.4 Å². The first-order chi connectivity index (χ1) is 9.38. The standard InChI is InChI=1S/C15H16Cl2O3/c1-5-11-10(4)12(16)8-13(17)14(11)19-6-7-20-15(18)9(2)3/h5,8H,1-2,6-7H2,3-4H3. The molecule has 0 saturated heterocycles. The first-order valence-electron chi connectivity index (χ1n) is 5.95. The van der Waals surface area contributed by atoms with E-state index >= 15 is 0 Å². The van der Waals surface area contributed by atoms with Crippen molar-refractivity contribution in [2.75, 3.05) is 13.2 Å². The molecule has 0 aliphatic carbocycles. The Kier molecular flexibility index (Phi) is 6.11.